The molecule has 7 heterocycles. The molecule has 0 amide bonds. The summed E-state index contributed by atoms with van der Waals surface area (Å²) in [6, 6.07) is 0. The number of rotatable bonds is 17. The molecule has 8 fully saturated rings. The van der Waals surface area contributed by atoms with E-state index in [1.54, 1.807) is 0 Å². The highest BCUT2D eigenvalue weighted by Gasteiger charge is 2.92. The minimum Gasteiger partial charge on any atom is -0.396 e. The fourth-order valence-corrected chi connectivity index (χ4v) is 74.9. The van der Waals surface area contributed by atoms with Gasteiger partial charge in [-0.15, -0.1) is 0 Å². The lowest BCUT2D eigenvalue weighted by Crippen LogP contribution is -2.93. The summed E-state index contributed by atoms with van der Waals surface area (Å²) in [5.74, 6) is 0. The van der Waals surface area contributed by atoms with Crippen LogP contribution in [-0.4, -0.2) is 151 Å². The molecule has 66 heavy (non-hydrogen) atoms. The highest BCUT2D eigenvalue weighted by molar-refractivity contribution is 7.04. The maximum absolute atomic E-state index is 7.64. The van der Waals surface area contributed by atoms with E-state index >= 15 is 0 Å². The molecule has 1 saturated carbocycles. The number of hydrogen-bond acceptors (Lipinski definition) is 21. The molecule has 384 valence electrons. The third kappa shape index (κ3) is 13.7. The van der Waals surface area contributed by atoms with E-state index in [0.29, 0.717) is 0 Å². The van der Waals surface area contributed by atoms with Gasteiger partial charge in [0.25, 0.3) is 0 Å². The summed E-state index contributed by atoms with van der Waals surface area (Å²) in [6.07, 6.45) is 2.93. The molecule has 3 unspecified atom stereocenters. The van der Waals surface area contributed by atoms with E-state index in [9.17, 15) is 0 Å². The van der Waals surface area contributed by atoms with Gasteiger partial charge in [0.2, 0.25) is 0 Å². The van der Waals surface area contributed by atoms with E-state index in [1.807, 2.05) is 137 Å². The van der Waals surface area contributed by atoms with E-state index in [2.05, 4.69) is 13.1 Å². The van der Waals surface area contributed by atoms with Crippen LogP contribution >= 0.6 is 0 Å². The van der Waals surface area contributed by atoms with E-state index in [4.69, 9.17) is 87.0 Å². The summed E-state index contributed by atoms with van der Waals surface area (Å²) in [5, 5.41) is 0. The Balaban J connectivity index is 1.65. The summed E-state index contributed by atoms with van der Waals surface area (Å²) in [5.41, 5.74) is 0.00403. The van der Waals surface area contributed by atoms with Crippen molar-refractivity contribution in [2.24, 2.45) is 0 Å². The fraction of sp³-hybridized carbons (Fsp3) is 1.00. The summed E-state index contributed by atoms with van der Waals surface area (Å²) in [6.45, 7) is 45.6. The van der Waals surface area contributed by atoms with Crippen LogP contribution in [0.15, 0.2) is 0 Å². The Morgan fingerprint density at radius 2 is 0.485 bits per heavy atom. The Morgan fingerprint density at radius 3 is 0.682 bits per heavy atom. The standard InChI is InChI=1S/C29H78O21Si16/c1-51(2,3)31-59-39-60(32-52(4,5)6)42-63(35-55(13,14)15)44-61(40-59,33-53(7,8)9)46-65(37-57(19,20)21)47-62(41-59,34-54(10,11)12)45-64(43-60,36-56(16,17)18)49-66(48-63,50-65)38-58(22,23)28-26-24-25-27-29(28)30-27/h27-29H,24-26H2,1-23H3. The predicted octanol–water partition coefficient (Wildman–Crippen LogP) is 7.24. The number of epoxide rings is 1. The van der Waals surface area contributed by atoms with Crippen molar-refractivity contribution in [1.29, 1.82) is 0 Å². The first-order valence-corrected chi connectivity index (χ1v) is 62.8. The van der Waals surface area contributed by atoms with Gasteiger partial charge in [0.05, 0.1) is 12.2 Å². The maximum Gasteiger partial charge on any atom is 0.651 e. The summed E-state index contributed by atoms with van der Waals surface area (Å²) in [7, 11) is -63.9. The molecule has 8 rings (SSSR count). The number of fused-ring (bicyclic) bond motifs is 1. The average Bonchev–Trinajstić information content (AvgIpc) is 3.70. The minimum absolute atomic E-state index is 0.00403. The number of ether oxygens (including phenoxy) is 1. The zero-order valence-corrected chi connectivity index (χ0v) is 59.4. The molecule has 8 aliphatic rings. The zero-order chi connectivity index (χ0) is 49.7. The molecule has 0 aromatic rings. The topological polar surface area (TPSA) is 197 Å². The second-order valence-corrected chi connectivity index (χ2v) is 83.0. The van der Waals surface area contributed by atoms with Crippen molar-refractivity contribution in [2.75, 3.05) is 0 Å². The first kappa shape index (κ1) is 56.4. The quantitative estimate of drug-likeness (QED) is 0.104. The van der Waals surface area contributed by atoms with Gasteiger partial charge in [0, 0.05) is 5.54 Å². The van der Waals surface area contributed by atoms with Gasteiger partial charge in [-0.25, -0.2) is 0 Å². The van der Waals surface area contributed by atoms with Gasteiger partial charge < -0.3 is 87.0 Å². The van der Waals surface area contributed by atoms with Crippen LogP contribution < -0.4 is 0 Å². The molecule has 21 nitrogen and oxygen atoms in total. The van der Waals surface area contributed by atoms with E-state index in [0.717, 1.165) is 19.3 Å². The largest absolute Gasteiger partial charge is 0.651 e. The number of hydrogen-bond donors (Lipinski definition) is 0. The molecule has 0 aromatic heterocycles. The van der Waals surface area contributed by atoms with Gasteiger partial charge in [0.15, 0.2) is 66.5 Å². The van der Waals surface area contributed by atoms with Crippen LogP contribution in [0, 0.1) is 0 Å². The van der Waals surface area contributed by atoms with E-state index in [-0.39, 0.29) is 17.7 Å². The van der Waals surface area contributed by atoms with Crippen molar-refractivity contribution >= 4 is 139 Å². The molecule has 0 radical (unpaired) electrons. The fourth-order valence-electron chi connectivity index (χ4n) is 8.05. The Kier molecular flexibility index (Phi) is 14.8. The van der Waals surface area contributed by atoms with Crippen molar-refractivity contribution in [2.45, 2.75) is 188 Å². The van der Waals surface area contributed by atoms with Crippen molar-refractivity contribution in [1.82, 2.24) is 0 Å². The first-order chi connectivity index (χ1) is 29.2. The van der Waals surface area contributed by atoms with Crippen molar-refractivity contribution < 1.29 is 87.0 Å². The molecule has 3 atom stereocenters. The average molecular weight is 1210 g/mol. The predicted molar refractivity (Wildman–Crippen MR) is 275 cm³/mol. The normalized spacial score (nSPS) is 42.3. The van der Waals surface area contributed by atoms with Crippen molar-refractivity contribution in [3.05, 3.63) is 0 Å². The van der Waals surface area contributed by atoms with Gasteiger partial charge in [-0.05, 0) is 163 Å². The van der Waals surface area contributed by atoms with Gasteiger partial charge in [-0.1, -0.05) is 6.42 Å². The zero-order valence-electron chi connectivity index (χ0n) is 43.4. The third-order valence-corrected chi connectivity index (χ3v) is 63.0. The molecule has 37 heteroatoms. The Labute approximate surface area is 410 Å². The summed E-state index contributed by atoms with van der Waals surface area (Å²) < 4.78 is 154. The molecular weight excluding hydrogens is 1130 g/mol. The Hall–Kier alpha value is 2.63. The third-order valence-electron chi connectivity index (χ3n) is 9.32. The molecule has 1 aliphatic carbocycles. The van der Waals surface area contributed by atoms with Crippen molar-refractivity contribution in [3.63, 3.8) is 0 Å². The minimum atomic E-state index is -5.15. The second-order valence-electron chi connectivity index (χ2n) is 25.1. The van der Waals surface area contributed by atoms with Gasteiger partial charge in [-0.2, -0.15) is 0 Å². The molecule has 8 bridgehead atoms. The SMILES string of the molecule is C[Si](C)(C)O[Si]12O[Si]3(O[Si](C)(C)C)O[Si]4(O[Si](C)(C)C)O[Si](O[Si](C)(C)C)(O1)O[Si]1(O[Si](C)(C)C)O[Si](O[Si](C)(C)C)(O2)O[Si](O[Si](C)(C)C)(O3)O[Si](O[Si](C)(C)C2CCCC3OC32)(O4)O1. The summed E-state index contributed by atoms with van der Waals surface area (Å²) >= 11 is 0. The molecule has 0 N–H and O–H groups in total. The van der Waals surface area contributed by atoms with Crippen LogP contribution in [-0.2, 0) is 87.0 Å². The lowest BCUT2D eigenvalue weighted by molar-refractivity contribution is -0.129. The van der Waals surface area contributed by atoms with Crippen LogP contribution in [0.5, 0.6) is 0 Å². The molecule has 7 saturated heterocycles. The van der Waals surface area contributed by atoms with E-state index in [1.165, 1.54) is 0 Å². The second kappa shape index (κ2) is 17.3. The molecule has 0 aromatic carbocycles. The molecule has 7 aliphatic heterocycles. The van der Waals surface area contributed by atoms with Crippen LogP contribution in [0.1, 0.15) is 19.3 Å². The lowest BCUT2D eigenvalue weighted by atomic mass is 10.0. The summed E-state index contributed by atoms with van der Waals surface area (Å²) in [4.78, 5) is 0. The van der Waals surface area contributed by atoms with Crippen LogP contribution in [0.4, 0.5) is 0 Å². The smallest absolute Gasteiger partial charge is 0.396 e. The van der Waals surface area contributed by atoms with Gasteiger partial charge in [-0.3, -0.25) is 0 Å². The molecule has 0 spiro atoms. The molecular formula is C29H78O21Si16. The van der Waals surface area contributed by atoms with Gasteiger partial charge >= 0.3 is 72.4 Å². The monoisotopic (exact) mass is 1210 g/mol. The Morgan fingerprint density at radius 1 is 0.288 bits per heavy atom. The lowest BCUT2D eigenvalue weighted by Gasteiger charge is -2.61. The first-order valence-electron chi connectivity index (χ1n) is 22.9. The highest BCUT2D eigenvalue weighted by atomic mass is 28.7. The van der Waals surface area contributed by atoms with Gasteiger partial charge in [0.1, 0.15) is 0 Å². The van der Waals surface area contributed by atoms with Crippen LogP contribution in [0.3, 0.4) is 0 Å². The van der Waals surface area contributed by atoms with Crippen LogP contribution in [0.2, 0.25) is 156 Å². The van der Waals surface area contributed by atoms with E-state index < -0.39 is 139 Å². The Bertz CT molecular complexity index is 1650. The maximum atomic E-state index is 7.64. The van der Waals surface area contributed by atoms with Crippen molar-refractivity contribution in [3.8, 4) is 0 Å². The van der Waals surface area contributed by atoms with Crippen LogP contribution in [0.25, 0.3) is 0 Å². The highest BCUT2D eigenvalue weighted by Crippen LogP contribution is 2.55.